The summed E-state index contributed by atoms with van der Waals surface area (Å²) in [5.74, 6) is 0.695. The second-order valence-corrected chi connectivity index (χ2v) is 7.04. The van der Waals surface area contributed by atoms with Crippen molar-refractivity contribution in [3.05, 3.63) is 62.8 Å². The molecule has 0 saturated carbocycles. The number of nitrogens with one attached hydrogen (secondary N) is 2. The highest BCUT2D eigenvalue weighted by molar-refractivity contribution is 5.96. The van der Waals surface area contributed by atoms with Gasteiger partial charge in [-0.2, -0.15) is 10.1 Å². The van der Waals surface area contributed by atoms with Gasteiger partial charge in [-0.05, 0) is 24.5 Å². The average Bonchev–Trinajstić information content (AvgIpc) is 3.02. The first-order chi connectivity index (χ1) is 13.4. The fraction of sp³-hybridized carbons (Fsp3) is 0.300. The van der Waals surface area contributed by atoms with E-state index in [4.69, 9.17) is 0 Å². The number of fused-ring (bicyclic) bond motifs is 1. The van der Waals surface area contributed by atoms with Gasteiger partial charge < -0.3 is 4.57 Å². The van der Waals surface area contributed by atoms with Gasteiger partial charge in [0.25, 0.3) is 5.56 Å². The van der Waals surface area contributed by atoms with Gasteiger partial charge in [0.1, 0.15) is 0 Å². The Balaban J connectivity index is 1.97. The molecule has 0 atom stereocenters. The smallest absolute Gasteiger partial charge is 0.303 e. The first-order valence-electron chi connectivity index (χ1n) is 9.09. The van der Waals surface area contributed by atoms with Crippen molar-refractivity contribution in [3.63, 3.8) is 0 Å². The minimum absolute atomic E-state index is 0.276. The lowest BCUT2D eigenvalue weighted by atomic mass is 10.2. The van der Waals surface area contributed by atoms with Crippen molar-refractivity contribution in [1.82, 2.24) is 19.1 Å². The van der Waals surface area contributed by atoms with Crippen molar-refractivity contribution >= 4 is 28.9 Å². The van der Waals surface area contributed by atoms with E-state index >= 15 is 0 Å². The van der Waals surface area contributed by atoms with Crippen LogP contribution in [-0.4, -0.2) is 24.8 Å². The number of hydrazone groups is 1. The number of H-pyrrole nitrogens is 1. The zero-order chi connectivity index (χ0) is 20.3. The third-order valence-electron chi connectivity index (χ3n) is 4.20. The van der Waals surface area contributed by atoms with Gasteiger partial charge in [-0.25, -0.2) is 10.2 Å². The molecular formula is C20H24N6O2. The highest BCUT2D eigenvalue weighted by Gasteiger charge is 2.17. The van der Waals surface area contributed by atoms with Gasteiger partial charge in [0.15, 0.2) is 11.2 Å². The van der Waals surface area contributed by atoms with Crippen LogP contribution in [0.25, 0.3) is 17.2 Å². The molecule has 2 N–H and O–H groups in total. The van der Waals surface area contributed by atoms with Crippen LogP contribution < -0.4 is 16.7 Å². The van der Waals surface area contributed by atoms with E-state index in [2.05, 4.69) is 20.5 Å². The molecule has 0 spiro atoms. The molecule has 146 valence electrons. The zero-order valence-electron chi connectivity index (χ0n) is 16.4. The van der Waals surface area contributed by atoms with Gasteiger partial charge in [0.05, 0.1) is 5.71 Å². The molecule has 1 aromatic carbocycles. The predicted octanol–water partition coefficient (Wildman–Crippen LogP) is 2.58. The average molecular weight is 380 g/mol. The molecule has 0 saturated heterocycles. The molecule has 0 aliphatic rings. The van der Waals surface area contributed by atoms with Crippen LogP contribution in [0.2, 0.25) is 0 Å². The quantitative estimate of drug-likeness (QED) is 0.507. The standard InChI is InChI=1S/C20H24N6O2/c1-13(2)12-26-16-17(25(4)20(28)22-18(16)27)21-19(26)24-23-14(3)10-11-15-8-6-5-7-9-15/h5-11,13H,12H2,1-4H3,(H,21,24)(H,22,27,28). The molecule has 0 fully saturated rings. The number of imidazole rings is 1. The summed E-state index contributed by atoms with van der Waals surface area (Å²) in [7, 11) is 1.58. The lowest BCUT2D eigenvalue weighted by Crippen LogP contribution is -2.29. The Bertz CT molecular complexity index is 1150. The summed E-state index contributed by atoms with van der Waals surface area (Å²) >= 11 is 0. The predicted molar refractivity (Wildman–Crippen MR) is 113 cm³/mol. The van der Waals surface area contributed by atoms with Crippen LogP contribution in [-0.2, 0) is 13.6 Å². The van der Waals surface area contributed by atoms with Gasteiger partial charge in [-0.3, -0.25) is 14.3 Å². The second kappa shape index (κ2) is 8.08. The minimum Gasteiger partial charge on any atom is -0.303 e. The van der Waals surface area contributed by atoms with Crippen LogP contribution in [0.15, 0.2) is 51.1 Å². The molecule has 0 amide bonds. The maximum atomic E-state index is 12.4. The van der Waals surface area contributed by atoms with E-state index in [-0.39, 0.29) is 5.92 Å². The third-order valence-corrected chi connectivity index (χ3v) is 4.20. The molecule has 0 unspecified atom stereocenters. The largest absolute Gasteiger partial charge is 0.329 e. The minimum atomic E-state index is -0.497. The Morgan fingerprint density at radius 2 is 2.00 bits per heavy atom. The van der Waals surface area contributed by atoms with Gasteiger partial charge in [0, 0.05) is 13.6 Å². The third kappa shape index (κ3) is 4.11. The summed E-state index contributed by atoms with van der Waals surface area (Å²) in [6.07, 6.45) is 3.85. The van der Waals surface area contributed by atoms with E-state index in [0.29, 0.717) is 23.7 Å². The highest BCUT2D eigenvalue weighted by atomic mass is 16.2. The number of rotatable bonds is 6. The molecule has 2 aromatic heterocycles. The SMILES string of the molecule is CC(C=Cc1ccccc1)=NNc1nc2c(c(=O)[nH]c(=O)n2C)n1CC(C)C. The van der Waals surface area contributed by atoms with Crippen molar-refractivity contribution in [1.29, 1.82) is 0 Å². The summed E-state index contributed by atoms with van der Waals surface area (Å²) in [5.41, 5.74) is 4.48. The maximum Gasteiger partial charge on any atom is 0.329 e. The number of allylic oxidation sites excluding steroid dienone is 1. The van der Waals surface area contributed by atoms with Crippen LogP contribution in [0.4, 0.5) is 5.95 Å². The monoisotopic (exact) mass is 380 g/mol. The number of hydrogen-bond acceptors (Lipinski definition) is 5. The van der Waals surface area contributed by atoms with Gasteiger partial charge in [-0.15, -0.1) is 0 Å². The van der Waals surface area contributed by atoms with Crippen molar-refractivity contribution in [2.24, 2.45) is 18.1 Å². The number of aromatic nitrogens is 4. The number of aryl methyl sites for hydroxylation is 1. The number of anilines is 1. The Labute approximate surface area is 162 Å². The first kappa shape index (κ1) is 19.3. The Kier molecular flexibility index (Phi) is 5.58. The Morgan fingerprint density at radius 1 is 1.29 bits per heavy atom. The van der Waals surface area contributed by atoms with Gasteiger partial charge in [0.2, 0.25) is 5.95 Å². The van der Waals surface area contributed by atoms with Gasteiger partial charge in [-0.1, -0.05) is 50.3 Å². The molecule has 8 heteroatoms. The number of aromatic amines is 1. The molecule has 0 aliphatic carbocycles. The second-order valence-electron chi connectivity index (χ2n) is 7.04. The van der Waals surface area contributed by atoms with Crippen LogP contribution in [0.5, 0.6) is 0 Å². The molecule has 3 rings (SSSR count). The molecule has 8 nitrogen and oxygen atoms in total. The highest BCUT2D eigenvalue weighted by Crippen LogP contribution is 2.17. The van der Waals surface area contributed by atoms with E-state index in [0.717, 1.165) is 11.3 Å². The summed E-state index contributed by atoms with van der Waals surface area (Å²) < 4.78 is 3.08. The van der Waals surface area contributed by atoms with E-state index in [9.17, 15) is 9.59 Å². The van der Waals surface area contributed by atoms with Crippen molar-refractivity contribution in [2.75, 3.05) is 5.43 Å². The summed E-state index contributed by atoms with van der Waals surface area (Å²) in [4.78, 5) is 31.0. The molecule has 0 radical (unpaired) electrons. The molecule has 0 bridgehead atoms. The Hall–Kier alpha value is -3.42. The van der Waals surface area contributed by atoms with E-state index < -0.39 is 11.2 Å². The van der Waals surface area contributed by atoms with E-state index in [1.54, 1.807) is 11.6 Å². The van der Waals surface area contributed by atoms with Crippen LogP contribution in [0, 0.1) is 5.92 Å². The van der Waals surface area contributed by atoms with E-state index in [1.165, 1.54) is 4.57 Å². The van der Waals surface area contributed by atoms with Crippen LogP contribution >= 0.6 is 0 Å². The molecule has 0 aliphatic heterocycles. The number of hydrogen-bond donors (Lipinski definition) is 2. The maximum absolute atomic E-state index is 12.4. The first-order valence-corrected chi connectivity index (χ1v) is 9.09. The fourth-order valence-corrected chi connectivity index (χ4v) is 2.82. The number of benzene rings is 1. The molecule has 2 heterocycles. The van der Waals surface area contributed by atoms with E-state index in [1.807, 2.05) is 63.3 Å². The van der Waals surface area contributed by atoms with Crippen molar-refractivity contribution < 1.29 is 0 Å². The van der Waals surface area contributed by atoms with Crippen LogP contribution in [0.1, 0.15) is 26.3 Å². The topological polar surface area (TPSA) is 97.1 Å². The summed E-state index contributed by atoms with van der Waals surface area (Å²) in [5, 5.41) is 4.35. The lowest BCUT2D eigenvalue weighted by molar-refractivity contribution is 0.535. The Morgan fingerprint density at radius 3 is 2.68 bits per heavy atom. The fourth-order valence-electron chi connectivity index (χ4n) is 2.82. The van der Waals surface area contributed by atoms with Crippen molar-refractivity contribution in [2.45, 2.75) is 27.3 Å². The zero-order valence-corrected chi connectivity index (χ0v) is 16.4. The molecular weight excluding hydrogens is 356 g/mol. The molecule has 28 heavy (non-hydrogen) atoms. The van der Waals surface area contributed by atoms with Crippen LogP contribution in [0.3, 0.4) is 0 Å². The normalized spacial score (nSPS) is 12.4. The molecule has 3 aromatic rings. The van der Waals surface area contributed by atoms with Gasteiger partial charge >= 0.3 is 5.69 Å². The number of nitrogens with zero attached hydrogens (tertiary/aromatic N) is 4. The lowest BCUT2D eigenvalue weighted by Gasteiger charge is -2.10. The summed E-state index contributed by atoms with van der Waals surface area (Å²) in [6, 6.07) is 9.92. The summed E-state index contributed by atoms with van der Waals surface area (Å²) in [6.45, 7) is 6.52. The van der Waals surface area contributed by atoms with Crippen molar-refractivity contribution in [3.8, 4) is 0 Å².